The van der Waals surface area contributed by atoms with Crippen LogP contribution in [0.4, 0.5) is 9.59 Å². The van der Waals surface area contributed by atoms with Gasteiger partial charge in [-0.2, -0.15) is 0 Å². The predicted molar refractivity (Wildman–Crippen MR) is 88.1 cm³/mol. The molecular weight excluding hydrogens is 298 g/mol. The minimum Gasteiger partial charge on any atom is -0.444 e. The lowest BCUT2D eigenvalue weighted by atomic mass is 9.92. The first-order chi connectivity index (χ1) is 10.4. The number of rotatable bonds is 2. The molecule has 0 saturated carbocycles. The van der Waals surface area contributed by atoms with Gasteiger partial charge in [0.1, 0.15) is 11.2 Å². The van der Waals surface area contributed by atoms with Crippen LogP contribution in [0.2, 0.25) is 0 Å². The van der Waals surface area contributed by atoms with Crippen LogP contribution in [0.25, 0.3) is 0 Å². The van der Waals surface area contributed by atoms with Crippen molar-refractivity contribution in [1.29, 1.82) is 0 Å². The fourth-order valence-electron chi connectivity index (χ4n) is 2.40. The molecule has 2 amide bonds. The van der Waals surface area contributed by atoms with Crippen molar-refractivity contribution in [2.75, 3.05) is 19.6 Å². The van der Waals surface area contributed by atoms with Crippen LogP contribution in [-0.2, 0) is 9.47 Å². The van der Waals surface area contributed by atoms with Gasteiger partial charge in [-0.05, 0) is 60.4 Å². The zero-order valence-electron chi connectivity index (χ0n) is 15.1. The van der Waals surface area contributed by atoms with Crippen molar-refractivity contribution < 1.29 is 19.1 Å². The Morgan fingerprint density at radius 3 is 2.17 bits per heavy atom. The average molecular weight is 329 g/mol. The van der Waals surface area contributed by atoms with Gasteiger partial charge in [0.2, 0.25) is 0 Å². The van der Waals surface area contributed by atoms with Crippen LogP contribution < -0.4 is 11.1 Å². The first-order valence-corrected chi connectivity index (χ1v) is 8.09. The fourth-order valence-corrected chi connectivity index (χ4v) is 2.40. The molecule has 0 aromatic rings. The first-order valence-electron chi connectivity index (χ1n) is 8.09. The van der Waals surface area contributed by atoms with E-state index in [0.29, 0.717) is 19.6 Å². The highest BCUT2D eigenvalue weighted by Gasteiger charge is 2.34. The third-order valence-corrected chi connectivity index (χ3v) is 3.41. The van der Waals surface area contributed by atoms with E-state index in [0.717, 1.165) is 6.42 Å². The van der Waals surface area contributed by atoms with Gasteiger partial charge < -0.3 is 25.4 Å². The first kappa shape index (κ1) is 19.5. The van der Waals surface area contributed by atoms with E-state index in [4.69, 9.17) is 15.2 Å². The maximum atomic E-state index is 12.2. The lowest BCUT2D eigenvalue weighted by molar-refractivity contribution is 0.0110. The molecule has 1 rings (SSSR count). The highest BCUT2D eigenvalue weighted by molar-refractivity contribution is 5.70. The Labute approximate surface area is 138 Å². The van der Waals surface area contributed by atoms with Crippen LogP contribution in [0.3, 0.4) is 0 Å². The largest absolute Gasteiger partial charge is 0.444 e. The highest BCUT2D eigenvalue weighted by Crippen LogP contribution is 2.20. The number of amides is 2. The van der Waals surface area contributed by atoms with E-state index in [-0.39, 0.29) is 18.1 Å². The molecular formula is C16H31N3O4. The summed E-state index contributed by atoms with van der Waals surface area (Å²) in [6.45, 7) is 12.3. The van der Waals surface area contributed by atoms with Crippen molar-refractivity contribution in [2.45, 2.75) is 65.2 Å². The number of ether oxygens (including phenoxy) is 2. The molecule has 0 aromatic heterocycles. The molecule has 1 heterocycles. The number of piperidine rings is 1. The molecule has 1 aliphatic rings. The maximum Gasteiger partial charge on any atom is 0.410 e. The molecule has 1 saturated heterocycles. The van der Waals surface area contributed by atoms with Gasteiger partial charge in [0, 0.05) is 13.1 Å². The highest BCUT2D eigenvalue weighted by atomic mass is 16.6. The molecule has 134 valence electrons. The van der Waals surface area contributed by atoms with Gasteiger partial charge >= 0.3 is 12.2 Å². The Morgan fingerprint density at radius 1 is 1.13 bits per heavy atom. The third-order valence-electron chi connectivity index (χ3n) is 3.41. The van der Waals surface area contributed by atoms with Crippen LogP contribution in [-0.4, -0.2) is 54.0 Å². The number of hydrogen-bond acceptors (Lipinski definition) is 5. The Balaban J connectivity index is 2.68. The molecule has 0 bridgehead atoms. The monoisotopic (exact) mass is 329 g/mol. The molecule has 23 heavy (non-hydrogen) atoms. The molecule has 0 aliphatic carbocycles. The number of carbonyl (C=O) groups is 2. The quantitative estimate of drug-likeness (QED) is 0.809. The Kier molecular flexibility index (Phi) is 6.27. The van der Waals surface area contributed by atoms with Gasteiger partial charge in [0.25, 0.3) is 0 Å². The molecule has 0 radical (unpaired) electrons. The number of nitrogens with two attached hydrogens (primary N) is 1. The smallest absolute Gasteiger partial charge is 0.410 e. The van der Waals surface area contributed by atoms with Gasteiger partial charge in [0.15, 0.2) is 0 Å². The zero-order chi connectivity index (χ0) is 17.8. The van der Waals surface area contributed by atoms with E-state index in [9.17, 15) is 9.59 Å². The van der Waals surface area contributed by atoms with E-state index >= 15 is 0 Å². The van der Waals surface area contributed by atoms with Gasteiger partial charge in [-0.3, -0.25) is 0 Å². The Morgan fingerprint density at radius 2 is 1.70 bits per heavy atom. The second-order valence-corrected chi connectivity index (χ2v) is 7.96. The summed E-state index contributed by atoms with van der Waals surface area (Å²) in [5, 5.41) is 2.83. The predicted octanol–water partition coefficient (Wildman–Crippen LogP) is 2.10. The Hall–Kier alpha value is -1.50. The van der Waals surface area contributed by atoms with Crippen molar-refractivity contribution in [1.82, 2.24) is 10.2 Å². The summed E-state index contributed by atoms with van der Waals surface area (Å²) in [6.07, 6.45) is -0.146. The summed E-state index contributed by atoms with van der Waals surface area (Å²) in [5.74, 6) is 0.112. The number of nitrogens with zero attached hydrogens (tertiary/aromatic N) is 1. The van der Waals surface area contributed by atoms with Gasteiger partial charge in [-0.25, -0.2) is 9.59 Å². The van der Waals surface area contributed by atoms with Gasteiger partial charge in [0.05, 0.1) is 6.04 Å². The summed E-state index contributed by atoms with van der Waals surface area (Å²) in [7, 11) is 0. The van der Waals surface area contributed by atoms with Crippen LogP contribution in [0, 0.1) is 5.92 Å². The van der Waals surface area contributed by atoms with Gasteiger partial charge in [-0.15, -0.1) is 0 Å². The van der Waals surface area contributed by atoms with Crippen molar-refractivity contribution in [3.05, 3.63) is 0 Å². The fraction of sp³-hybridized carbons (Fsp3) is 0.875. The molecule has 0 unspecified atom stereocenters. The molecule has 0 aromatic carbocycles. The lowest BCUT2D eigenvalue weighted by Crippen LogP contribution is -2.56. The summed E-state index contributed by atoms with van der Waals surface area (Å²) in [4.78, 5) is 25.8. The second kappa shape index (κ2) is 7.38. The van der Waals surface area contributed by atoms with E-state index in [1.807, 2.05) is 20.8 Å². The van der Waals surface area contributed by atoms with Crippen molar-refractivity contribution in [2.24, 2.45) is 11.7 Å². The summed E-state index contributed by atoms with van der Waals surface area (Å²) < 4.78 is 10.7. The molecule has 7 heteroatoms. The van der Waals surface area contributed by atoms with E-state index in [1.165, 1.54) is 0 Å². The minimum atomic E-state index is -0.568. The Bertz CT molecular complexity index is 426. The van der Waals surface area contributed by atoms with E-state index < -0.39 is 17.3 Å². The van der Waals surface area contributed by atoms with Crippen LogP contribution in [0.15, 0.2) is 0 Å². The zero-order valence-corrected chi connectivity index (χ0v) is 15.1. The number of hydrogen-bond donors (Lipinski definition) is 2. The SMILES string of the molecule is CC(C)(C)OC(=O)N[C@@H]1CN(C(=O)OC(C)(C)C)CC[C@H]1CN. The van der Waals surface area contributed by atoms with E-state index in [2.05, 4.69) is 5.32 Å². The van der Waals surface area contributed by atoms with Crippen molar-refractivity contribution in [3.63, 3.8) is 0 Å². The molecule has 0 spiro atoms. The number of nitrogens with one attached hydrogen (secondary N) is 1. The van der Waals surface area contributed by atoms with Crippen LogP contribution in [0.1, 0.15) is 48.0 Å². The molecule has 2 atom stereocenters. The molecule has 1 aliphatic heterocycles. The van der Waals surface area contributed by atoms with E-state index in [1.54, 1.807) is 25.7 Å². The third kappa shape index (κ3) is 7.07. The number of alkyl carbamates (subject to hydrolysis) is 1. The normalized spacial score (nSPS) is 22.5. The maximum absolute atomic E-state index is 12.2. The average Bonchev–Trinajstić information content (AvgIpc) is 2.34. The summed E-state index contributed by atoms with van der Waals surface area (Å²) >= 11 is 0. The lowest BCUT2D eigenvalue weighted by Gasteiger charge is -2.39. The van der Waals surface area contributed by atoms with Crippen molar-refractivity contribution in [3.8, 4) is 0 Å². The second-order valence-electron chi connectivity index (χ2n) is 7.96. The van der Waals surface area contributed by atoms with Crippen molar-refractivity contribution >= 4 is 12.2 Å². The van der Waals surface area contributed by atoms with Crippen LogP contribution in [0.5, 0.6) is 0 Å². The summed E-state index contributed by atoms with van der Waals surface area (Å²) in [6, 6.07) is -0.240. The molecule has 3 N–H and O–H groups in total. The number of carbonyl (C=O) groups excluding carboxylic acids is 2. The summed E-state index contributed by atoms with van der Waals surface area (Å²) in [5.41, 5.74) is 4.68. The standard InChI is InChI=1S/C16H31N3O4/c1-15(2,3)22-13(20)18-12-10-19(8-7-11(12)9-17)14(21)23-16(4,5)6/h11-12H,7-10,17H2,1-6H3,(H,18,20)/t11-,12+/m0/s1. The van der Waals surface area contributed by atoms with Crippen LogP contribution >= 0.6 is 0 Å². The molecule has 7 nitrogen and oxygen atoms in total. The molecule has 1 fully saturated rings. The van der Waals surface area contributed by atoms with Gasteiger partial charge in [-0.1, -0.05) is 0 Å². The minimum absolute atomic E-state index is 0.112. The number of likely N-dealkylation sites (tertiary alicyclic amines) is 1. The topological polar surface area (TPSA) is 93.9 Å².